The summed E-state index contributed by atoms with van der Waals surface area (Å²) in [5.41, 5.74) is 10.3. The summed E-state index contributed by atoms with van der Waals surface area (Å²) in [7, 11) is 0. The number of rotatable bonds is 2. The van der Waals surface area contributed by atoms with Crippen LogP contribution in [0.1, 0.15) is 9.78 Å². The van der Waals surface area contributed by atoms with Crippen LogP contribution in [0, 0.1) is 0 Å². The van der Waals surface area contributed by atoms with E-state index in [9.17, 15) is 0 Å². The van der Waals surface area contributed by atoms with Gasteiger partial charge in [0.25, 0.3) is 0 Å². The number of aliphatic hydroxyl groups is 1. The van der Waals surface area contributed by atoms with Gasteiger partial charge in [-0.05, 0) is 6.92 Å². The molecule has 0 amide bonds. The molecule has 9 heavy (non-hydrogen) atoms. The second-order valence-corrected chi connectivity index (χ2v) is 1.64. The first kappa shape index (κ1) is 17.1. The van der Waals surface area contributed by atoms with Crippen molar-refractivity contribution in [2.75, 3.05) is 6.54 Å². The Bertz CT molecular complexity index is 61.4. The normalized spacial score (nSPS) is 14.7. The second-order valence-electron chi connectivity index (χ2n) is 1.64. The van der Waals surface area contributed by atoms with Gasteiger partial charge in [0.1, 0.15) is 0 Å². The third-order valence-electron chi connectivity index (χ3n) is 0.892. The van der Waals surface area contributed by atoms with Gasteiger partial charge in [-0.3, -0.25) is 0 Å². The van der Waals surface area contributed by atoms with Crippen LogP contribution in [0.4, 0.5) is 0 Å². The molecule has 0 rings (SSSR count). The van der Waals surface area contributed by atoms with Gasteiger partial charge in [0.15, 0.2) is 0 Å². The van der Waals surface area contributed by atoms with Crippen molar-refractivity contribution < 1.29 is 67.1 Å². The average molecular weight is 152 g/mol. The van der Waals surface area contributed by atoms with Crippen molar-refractivity contribution in [2.24, 2.45) is 11.5 Å². The smallest absolute Gasteiger partial charge is 1.00 e. The zero-order chi connectivity index (χ0) is 5.86. The molecule has 0 aromatic carbocycles. The van der Waals surface area contributed by atoms with Gasteiger partial charge in [0.2, 0.25) is 0 Å². The van der Waals surface area contributed by atoms with Crippen LogP contribution in [0.25, 0.3) is 0 Å². The summed E-state index contributed by atoms with van der Waals surface area (Å²) in [6, 6.07) is -0.264. The summed E-state index contributed by atoms with van der Waals surface area (Å²) in [6.07, 6.45) is -0.481. The van der Waals surface area contributed by atoms with E-state index < -0.39 is 6.10 Å². The Morgan fingerprint density at radius 3 is 1.89 bits per heavy atom. The summed E-state index contributed by atoms with van der Waals surface area (Å²) in [6.45, 7) is 1.97. The molecule has 0 aliphatic heterocycles. The van der Waals surface area contributed by atoms with E-state index in [0.29, 0.717) is 6.54 Å². The zero-order valence-corrected chi connectivity index (χ0v) is 10.5. The second kappa shape index (κ2) is 9.88. The molecule has 0 radical (unpaired) electrons. The third kappa shape index (κ3) is 9.88. The van der Waals surface area contributed by atoms with E-state index in [0.717, 1.165) is 0 Å². The van der Waals surface area contributed by atoms with Crippen LogP contribution in [-0.4, -0.2) is 23.8 Å². The Morgan fingerprint density at radius 1 is 1.56 bits per heavy atom. The molecule has 2 unspecified atom stereocenters. The van der Waals surface area contributed by atoms with Gasteiger partial charge in [-0.15, -0.1) is 0 Å². The van der Waals surface area contributed by atoms with Crippen LogP contribution in [0.3, 0.4) is 0 Å². The van der Waals surface area contributed by atoms with Crippen LogP contribution < -0.4 is 70.6 Å². The predicted molar refractivity (Wildman–Crippen MR) is 30.9 cm³/mol. The molecule has 0 heterocycles. The fraction of sp³-hybridized carbons (Fsp3) is 1.00. The molecule has 0 saturated carbocycles. The molecule has 0 aliphatic rings. The SMILES string of the molecule is CC(O)C(N)CN.[H-].[H-].[Na+].[Na+]. The summed E-state index contributed by atoms with van der Waals surface area (Å²) < 4.78 is 0. The summed E-state index contributed by atoms with van der Waals surface area (Å²) in [5.74, 6) is 0. The van der Waals surface area contributed by atoms with Crippen molar-refractivity contribution in [3.05, 3.63) is 0 Å². The van der Waals surface area contributed by atoms with Gasteiger partial charge in [-0.2, -0.15) is 0 Å². The van der Waals surface area contributed by atoms with Gasteiger partial charge in [-0.1, -0.05) is 0 Å². The fourth-order valence-corrected chi connectivity index (χ4v) is 0.197. The van der Waals surface area contributed by atoms with Crippen molar-refractivity contribution in [3.8, 4) is 0 Å². The van der Waals surface area contributed by atoms with Gasteiger partial charge >= 0.3 is 59.1 Å². The Kier molecular flexibility index (Phi) is 18.8. The Morgan fingerprint density at radius 2 is 1.89 bits per heavy atom. The van der Waals surface area contributed by atoms with Gasteiger partial charge in [0.05, 0.1) is 6.10 Å². The Hall–Kier alpha value is 1.88. The monoisotopic (exact) mass is 152 g/mol. The molecule has 0 spiro atoms. The minimum atomic E-state index is -0.481. The van der Waals surface area contributed by atoms with Crippen molar-refractivity contribution in [1.82, 2.24) is 0 Å². The summed E-state index contributed by atoms with van der Waals surface area (Å²) in [4.78, 5) is 0. The van der Waals surface area contributed by atoms with Crippen LogP contribution >= 0.6 is 0 Å². The maximum atomic E-state index is 8.62. The maximum Gasteiger partial charge on any atom is 1.00 e. The Balaban J connectivity index is -0.0000000300. The van der Waals surface area contributed by atoms with Crippen LogP contribution in [-0.2, 0) is 0 Å². The van der Waals surface area contributed by atoms with Crippen LogP contribution in [0.5, 0.6) is 0 Å². The minimum Gasteiger partial charge on any atom is -1.00 e. The first-order valence-corrected chi connectivity index (χ1v) is 2.32. The van der Waals surface area contributed by atoms with Crippen LogP contribution in [0.15, 0.2) is 0 Å². The predicted octanol–water partition coefficient (Wildman–Crippen LogP) is -7.11. The largest absolute Gasteiger partial charge is 1.00 e. The average Bonchev–Trinajstić information content (AvgIpc) is 1.65. The minimum absolute atomic E-state index is 0. The molecule has 48 valence electrons. The molecule has 0 aromatic heterocycles. The standard InChI is InChI=1S/C4H12N2O.2Na.2H/c1-3(7)4(6)2-5;;;;/h3-4,7H,2,5-6H2,1H3;;;;/q;2*+1;2*-1. The molecule has 5 N–H and O–H groups in total. The van der Waals surface area contributed by atoms with E-state index in [1.54, 1.807) is 6.92 Å². The fourth-order valence-electron chi connectivity index (χ4n) is 0.197. The summed E-state index contributed by atoms with van der Waals surface area (Å²) in [5, 5.41) is 8.62. The molecular weight excluding hydrogens is 138 g/mol. The molecule has 5 heteroatoms. The number of hydrogen-bond acceptors (Lipinski definition) is 3. The number of nitrogens with two attached hydrogens (primary N) is 2. The van der Waals surface area contributed by atoms with E-state index in [1.165, 1.54) is 0 Å². The molecule has 0 saturated heterocycles. The molecule has 0 bridgehead atoms. The number of aliphatic hydroxyl groups excluding tert-OH is 1. The van der Waals surface area contributed by atoms with Crippen molar-refractivity contribution in [1.29, 1.82) is 0 Å². The van der Waals surface area contributed by atoms with Crippen LogP contribution in [0.2, 0.25) is 0 Å². The summed E-state index contributed by atoms with van der Waals surface area (Å²) >= 11 is 0. The molecule has 0 fully saturated rings. The maximum absolute atomic E-state index is 8.62. The van der Waals surface area contributed by atoms with Gasteiger partial charge in [0, 0.05) is 12.6 Å². The van der Waals surface area contributed by atoms with Crippen molar-refractivity contribution in [3.63, 3.8) is 0 Å². The first-order valence-electron chi connectivity index (χ1n) is 2.32. The molecule has 2 atom stereocenters. The van der Waals surface area contributed by atoms with E-state index in [2.05, 4.69) is 0 Å². The van der Waals surface area contributed by atoms with Gasteiger partial charge < -0.3 is 19.4 Å². The zero-order valence-electron chi connectivity index (χ0n) is 8.46. The quantitative estimate of drug-likeness (QED) is 0.344. The molecule has 3 nitrogen and oxygen atoms in total. The van der Waals surface area contributed by atoms with E-state index in [4.69, 9.17) is 16.6 Å². The Labute approximate surface area is 103 Å². The first-order chi connectivity index (χ1) is 3.18. The van der Waals surface area contributed by atoms with E-state index in [-0.39, 0.29) is 68.0 Å². The molecular formula is C4H14N2Na2O. The van der Waals surface area contributed by atoms with Crippen molar-refractivity contribution >= 4 is 0 Å². The van der Waals surface area contributed by atoms with Crippen molar-refractivity contribution in [2.45, 2.75) is 19.1 Å². The third-order valence-corrected chi connectivity index (χ3v) is 0.892. The molecule has 0 aromatic rings. The van der Waals surface area contributed by atoms with Gasteiger partial charge in [-0.25, -0.2) is 0 Å². The topological polar surface area (TPSA) is 72.3 Å². The van der Waals surface area contributed by atoms with E-state index in [1.807, 2.05) is 0 Å². The molecule has 0 aliphatic carbocycles. The van der Waals surface area contributed by atoms with E-state index >= 15 is 0 Å². The number of hydrogen-bond donors (Lipinski definition) is 3.